The molecule has 0 saturated carbocycles. The Labute approximate surface area is 185 Å². The van der Waals surface area contributed by atoms with Crippen molar-refractivity contribution in [1.29, 1.82) is 0 Å². The van der Waals surface area contributed by atoms with Gasteiger partial charge in [0.05, 0.1) is 11.6 Å². The summed E-state index contributed by atoms with van der Waals surface area (Å²) in [5, 5.41) is 12.0. The van der Waals surface area contributed by atoms with Crippen LogP contribution >= 0.6 is 11.6 Å². The van der Waals surface area contributed by atoms with E-state index in [-0.39, 0.29) is 11.3 Å². The molecule has 3 aromatic rings. The fourth-order valence-electron chi connectivity index (χ4n) is 4.09. The molecule has 160 valence electrons. The maximum absolute atomic E-state index is 13.5. The number of hydrogen-bond acceptors (Lipinski definition) is 4. The molecule has 0 radical (unpaired) electrons. The highest BCUT2D eigenvalue weighted by molar-refractivity contribution is 6.31. The van der Waals surface area contributed by atoms with Gasteiger partial charge in [0, 0.05) is 17.0 Å². The third-order valence-corrected chi connectivity index (χ3v) is 5.85. The normalized spacial score (nSPS) is 16.5. The van der Waals surface area contributed by atoms with Crippen molar-refractivity contribution in [3.63, 3.8) is 0 Å². The molecule has 2 heterocycles. The van der Waals surface area contributed by atoms with E-state index in [1.54, 1.807) is 29.2 Å². The number of ketones is 1. The maximum atomic E-state index is 13.5. The number of aryl methyl sites for hydroxylation is 1. The number of Topliss-reactive ketones (excluding diaryl/α,β-unsaturated/α-hetero) is 1. The summed E-state index contributed by atoms with van der Waals surface area (Å²) in [5.74, 6) is -1.46. The van der Waals surface area contributed by atoms with E-state index < -0.39 is 23.5 Å². The molecule has 1 aromatic heterocycles. The number of aliphatic hydroxyl groups is 1. The summed E-state index contributed by atoms with van der Waals surface area (Å²) >= 11 is 6.05. The highest BCUT2D eigenvalue weighted by Gasteiger charge is 2.44. The Hall–Kier alpha value is -3.05. The third kappa shape index (κ3) is 3.98. The van der Waals surface area contributed by atoms with Crippen LogP contribution in [0.4, 0.5) is 0 Å². The lowest BCUT2D eigenvalue weighted by molar-refractivity contribution is -0.129. The van der Waals surface area contributed by atoms with Crippen molar-refractivity contribution in [1.82, 2.24) is 4.90 Å². The van der Waals surface area contributed by atoms with Gasteiger partial charge in [-0.15, -0.1) is 0 Å². The number of carbonyl (C=O) groups is 2. The zero-order valence-corrected chi connectivity index (χ0v) is 18.3. The second-order valence-electron chi connectivity index (χ2n) is 7.91. The van der Waals surface area contributed by atoms with Crippen molar-refractivity contribution in [2.75, 3.05) is 6.54 Å². The number of amides is 1. The average molecular weight is 438 g/mol. The van der Waals surface area contributed by atoms with Crippen LogP contribution in [0.15, 0.2) is 64.3 Å². The molecule has 2 aromatic carbocycles. The lowest BCUT2D eigenvalue weighted by Gasteiger charge is -2.27. The number of carbonyl (C=O) groups excluding carboxylic acids is 2. The number of nitrogens with zero attached hydrogens (tertiary/aromatic N) is 1. The lowest BCUT2D eigenvalue weighted by Crippen LogP contribution is -2.32. The molecule has 1 aliphatic rings. The van der Waals surface area contributed by atoms with Gasteiger partial charge in [0.2, 0.25) is 5.78 Å². The maximum Gasteiger partial charge on any atom is 0.290 e. The molecule has 31 heavy (non-hydrogen) atoms. The van der Waals surface area contributed by atoms with Gasteiger partial charge in [-0.3, -0.25) is 9.59 Å². The van der Waals surface area contributed by atoms with E-state index in [2.05, 4.69) is 6.92 Å². The van der Waals surface area contributed by atoms with E-state index in [4.69, 9.17) is 16.0 Å². The predicted molar refractivity (Wildman–Crippen MR) is 120 cm³/mol. The lowest BCUT2D eigenvalue weighted by atomic mass is 9.94. The van der Waals surface area contributed by atoms with Gasteiger partial charge >= 0.3 is 0 Å². The van der Waals surface area contributed by atoms with Gasteiger partial charge in [-0.25, -0.2) is 0 Å². The van der Waals surface area contributed by atoms with Crippen LogP contribution < -0.4 is 0 Å². The van der Waals surface area contributed by atoms with E-state index in [9.17, 15) is 14.7 Å². The van der Waals surface area contributed by atoms with Crippen molar-refractivity contribution in [3.8, 4) is 0 Å². The molecular formula is C25H24ClNO4. The minimum Gasteiger partial charge on any atom is -0.503 e. The molecule has 1 unspecified atom stereocenters. The SMILES string of the molecule is CCCCCN1C(=O)C(O)=C(C(=O)c2cc3cc(Cl)ccc3o2)C1c1cccc(C)c1. The van der Waals surface area contributed by atoms with Crippen LogP contribution in [0, 0.1) is 6.92 Å². The molecular weight excluding hydrogens is 414 g/mol. The molecule has 0 bridgehead atoms. The standard InChI is InChI=1S/C25H24ClNO4/c1-3-4-5-11-27-22(16-8-6-7-15(2)12-16)21(24(29)25(27)30)23(28)20-14-17-13-18(26)9-10-19(17)31-20/h6-10,12-14,22,29H,3-5,11H2,1-2H3. The molecule has 1 amide bonds. The molecule has 1 aliphatic heterocycles. The van der Waals surface area contributed by atoms with Gasteiger partial charge in [-0.1, -0.05) is 61.2 Å². The van der Waals surface area contributed by atoms with Crippen molar-refractivity contribution in [2.45, 2.75) is 39.2 Å². The first-order valence-corrected chi connectivity index (χ1v) is 10.8. The Morgan fingerprint density at radius 3 is 2.71 bits per heavy atom. The first-order valence-electron chi connectivity index (χ1n) is 10.4. The first-order chi connectivity index (χ1) is 14.9. The molecule has 0 saturated heterocycles. The minimum atomic E-state index is -0.659. The van der Waals surface area contributed by atoms with Gasteiger partial charge in [-0.2, -0.15) is 0 Å². The number of fused-ring (bicyclic) bond motifs is 1. The molecule has 5 nitrogen and oxygen atoms in total. The van der Waals surface area contributed by atoms with E-state index >= 15 is 0 Å². The predicted octanol–water partition coefficient (Wildman–Crippen LogP) is 6.16. The molecule has 6 heteroatoms. The van der Waals surface area contributed by atoms with E-state index in [0.717, 1.165) is 30.4 Å². The average Bonchev–Trinajstić information content (AvgIpc) is 3.27. The number of hydrogen-bond donors (Lipinski definition) is 1. The zero-order chi connectivity index (χ0) is 22.1. The molecule has 4 rings (SSSR count). The van der Waals surface area contributed by atoms with Crippen LogP contribution in [0.1, 0.15) is 53.9 Å². The number of rotatable bonds is 7. The van der Waals surface area contributed by atoms with Crippen LogP contribution in [0.5, 0.6) is 0 Å². The summed E-state index contributed by atoms with van der Waals surface area (Å²) in [4.78, 5) is 28.0. The van der Waals surface area contributed by atoms with Crippen LogP contribution in [0.2, 0.25) is 5.02 Å². The number of benzene rings is 2. The molecule has 0 aliphatic carbocycles. The highest BCUT2D eigenvalue weighted by atomic mass is 35.5. The quantitative estimate of drug-likeness (QED) is 0.354. The van der Waals surface area contributed by atoms with Gasteiger partial charge < -0.3 is 14.4 Å². The first kappa shape index (κ1) is 21.2. The van der Waals surface area contributed by atoms with Crippen LogP contribution in [-0.4, -0.2) is 28.2 Å². The topological polar surface area (TPSA) is 70.8 Å². The zero-order valence-electron chi connectivity index (χ0n) is 17.5. The number of unbranched alkanes of at least 4 members (excludes halogenated alkanes) is 2. The van der Waals surface area contributed by atoms with Gasteiger partial charge in [0.1, 0.15) is 5.58 Å². The summed E-state index contributed by atoms with van der Waals surface area (Å²) in [5.41, 5.74) is 2.37. The van der Waals surface area contributed by atoms with Crippen molar-refractivity contribution < 1.29 is 19.1 Å². The smallest absolute Gasteiger partial charge is 0.290 e. The second kappa shape index (κ2) is 8.60. The highest BCUT2D eigenvalue weighted by Crippen LogP contribution is 2.40. The Bertz CT molecular complexity index is 1190. The van der Waals surface area contributed by atoms with Gasteiger partial charge in [0.15, 0.2) is 11.5 Å². The van der Waals surface area contributed by atoms with Crippen LogP contribution in [0.25, 0.3) is 11.0 Å². The van der Waals surface area contributed by atoms with E-state index in [0.29, 0.717) is 22.5 Å². The Morgan fingerprint density at radius 1 is 1.16 bits per heavy atom. The van der Waals surface area contributed by atoms with Gasteiger partial charge in [-0.05, 0) is 43.2 Å². The van der Waals surface area contributed by atoms with Gasteiger partial charge in [0.25, 0.3) is 5.91 Å². The number of halogens is 1. The van der Waals surface area contributed by atoms with Crippen LogP contribution in [0.3, 0.4) is 0 Å². The largest absolute Gasteiger partial charge is 0.503 e. The fourth-order valence-corrected chi connectivity index (χ4v) is 4.27. The Balaban J connectivity index is 1.78. The number of aliphatic hydroxyl groups excluding tert-OH is 1. The summed E-state index contributed by atoms with van der Waals surface area (Å²) < 4.78 is 5.74. The summed E-state index contributed by atoms with van der Waals surface area (Å²) in [7, 11) is 0. The van der Waals surface area contributed by atoms with E-state index in [1.807, 2.05) is 31.2 Å². The van der Waals surface area contributed by atoms with Crippen molar-refractivity contribution >= 4 is 34.3 Å². The Kier molecular flexibility index (Phi) is 5.88. The number of furan rings is 1. The van der Waals surface area contributed by atoms with Crippen molar-refractivity contribution in [2.24, 2.45) is 0 Å². The summed E-state index contributed by atoms with van der Waals surface area (Å²) in [6.45, 7) is 4.50. The second-order valence-corrected chi connectivity index (χ2v) is 8.34. The van der Waals surface area contributed by atoms with Crippen molar-refractivity contribution in [3.05, 3.63) is 81.8 Å². The monoisotopic (exact) mass is 437 g/mol. The molecule has 0 spiro atoms. The molecule has 1 N–H and O–H groups in total. The third-order valence-electron chi connectivity index (χ3n) is 5.61. The Morgan fingerprint density at radius 2 is 1.97 bits per heavy atom. The summed E-state index contributed by atoms with van der Waals surface area (Å²) in [6.07, 6.45) is 2.75. The van der Waals surface area contributed by atoms with E-state index in [1.165, 1.54) is 0 Å². The minimum absolute atomic E-state index is 0.0530. The summed E-state index contributed by atoms with van der Waals surface area (Å²) in [6, 6.07) is 13.7. The molecule has 0 fully saturated rings. The van der Waals surface area contributed by atoms with Crippen LogP contribution in [-0.2, 0) is 4.79 Å². The fraction of sp³-hybridized carbons (Fsp3) is 0.280. The molecule has 1 atom stereocenters.